The molecule has 5 aromatic rings. The summed E-state index contributed by atoms with van der Waals surface area (Å²) in [5, 5.41) is 16.3. The van der Waals surface area contributed by atoms with Crippen molar-refractivity contribution in [2.45, 2.75) is 38.3 Å². The lowest BCUT2D eigenvalue weighted by molar-refractivity contribution is 0.276. The fourth-order valence-corrected chi connectivity index (χ4v) is 5.01. The molecule has 1 aliphatic rings. The van der Waals surface area contributed by atoms with Gasteiger partial charge in [0.15, 0.2) is 0 Å². The van der Waals surface area contributed by atoms with Crippen LogP contribution in [0.3, 0.4) is 0 Å². The molecule has 0 unspecified atom stereocenters. The summed E-state index contributed by atoms with van der Waals surface area (Å²) in [6.07, 6.45) is 12.8. The van der Waals surface area contributed by atoms with E-state index in [0.29, 0.717) is 22.5 Å². The van der Waals surface area contributed by atoms with Crippen molar-refractivity contribution in [3.63, 3.8) is 0 Å². The van der Waals surface area contributed by atoms with Gasteiger partial charge in [-0.3, -0.25) is 9.67 Å². The van der Waals surface area contributed by atoms with Crippen molar-refractivity contribution >= 4 is 28.2 Å². The van der Waals surface area contributed by atoms with E-state index in [-0.39, 0.29) is 6.61 Å². The van der Waals surface area contributed by atoms with Gasteiger partial charge in [-0.05, 0) is 31.0 Å². The van der Waals surface area contributed by atoms with Crippen LogP contribution in [0.5, 0.6) is 0 Å². The molecule has 4 aromatic heterocycles. The summed E-state index contributed by atoms with van der Waals surface area (Å²) in [6, 6.07) is 12.1. The molecule has 0 spiro atoms. The number of rotatable bonds is 4. The van der Waals surface area contributed by atoms with Crippen LogP contribution in [0, 0.1) is 0 Å². The monoisotopic (exact) mass is 443 g/mol. The fourth-order valence-electron chi connectivity index (χ4n) is 4.78. The van der Waals surface area contributed by atoms with Crippen molar-refractivity contribution in [3.8, 4) is 22.4 Å². The molecular formula is C25H22ClN5O. The lowest BCUT2D eigenvalue weighted by Gasteiger charge is -2.08. The SMILES string of the molecule is OCc1c(-c2ccccc2Cl)nc2c3cc(-c4cnn(C5CCCC5)c4)cnc3ccn12. The zero-order valence-electron chi connectivity index (χ0n) is 17.4. The summed E-state index contributed by atoms with van der Waals surface area (Å²) in [7, 11) is 0. The van der Waals surface area contributed by atoms with Gasteiger partial charge in [0.05, 0.1) is 40.8 Å². The van der Waals surface area contributed by atoms with Crippen LogP contribution in [-0.4, -0.2) is 29.3 Å². The minimum atomic E-state index is -0.144. The second kappa shape index (κ2) is 7.73. The smallest absolute Gasteiger partial charge is 0.147 e. The number of nitrogens with zero attached hydrogens (tertiary/aromatic N) is 5. The highest BCUT2D eigenvalue weighted by Gasteiger charge is 2.20. The first kappa shape index (κ1) is 19.5. The number of pyridine rings is 2. The van der Waals surface area contributed by atoms with Crippen molar-refractivity contribution in [3.05, 3.63) is 71.9 Å². The van der Waals surface area contributed by atoms with E-state index in [2.05, 4.69) is 22.0 Å². The zero-order valence-corrected chi connectivity index (χ0v) is 18.2. The predicted octanol–water partition coefficient (Wildman–Crippen LogP) is 5.67. The Kier molecular flexibility index (Phi) is 4.70. The van der Waals surface area contributed by atoms with Gasteiger partial charge in [0.2, 0.25) is 0 Å². The first-order chi connectivity index (χ1) is 15.7. The van der Waals surface area contributed by atoms with Gasteiger partial charge in [0.25, 0.3) is 0 Å². The van der Waals surface area contributed by atoms with Crippen LogP contribution < -0.4 is 0 Å². The van der Waals surface area contributed by atoms with Gasteiger partial charge >= 0.3 is 0 Å². The highest BCUT2D eigenvalue weighted by atomic mass is 35.5. The maximum Gasteiger partial charge on any atom is 0.147 e. The molecule has 6 nitrogen and oxygen atoms in total. The number of aliphatic hydroxyl groups is 1. The largest absolute Gasteiger partial charge is 0.390 e. The molecule has 1 aliphatic carbocycles. The van der Waals surface area contributed by atoms with Crippen LogP contribution in [0.25, 0.3) is 38.9 Å². The highest BCUT2D eigenvalue weighted by molar-refractivity contribution is 6.33. The Bertz CT molecular complexity index is 1450. The molecule has 1 N–H and O–H groups in total. The van der Waals surface area contributed by atoms with E-state index in [1.807, 2.05) is 53.3 Å². The average Bonchev–Trinajstić information content (AvgIpc) is 3.58. The summed E-state index contributed by atoms with van der Waals surface area (Å²) in [4.78, 5) is 9.59. The lowest BCUT2D eigenvalue weighted by atomic mass is 10.1. The number of imidazole rings is 1. The van der Waals surface area contributed by atoms with E-state index in [1.165, 1.54) is 25.7 Å². The molecular weight excluding hydrogens is 422 g/mol. The molecule has 1 aromatic carbocycles. The number of fused-ring (bicyclic) bond motifs is 3. The number of aromatic nitrogens is 5. The van der Waals surface area contributed by atoms with Crippen molar-refractivity contribution in [1.82, 2.24) is 24.1 Å². The third-order valence-electron chi connectivity index (χ3n) is 6.46. The summed E-state index contributed by atoms with van der Waals surface area (Å²) in [6.45, 7) is -0.144. The maximum atomic E-state index is 10.1. The van der Waals surface area contributed by atoms with E-state index in [1.54, 1.807) is 0 Å². The van der Waals surface area contributed by atoms with Crippen molar-refractivity contribution in [2.24, 2.45) is 0 Å². The average molecular weight is 444 g/mol. The second-order valence-corrected chi connectivity index (χ2v) is 8.77. The molecule has 0 radical (unpaired) electrons. The van der Waals surface area contributed by atoms with Gasteiger partial charge in [0.1, 0.15) is 5.65 Å². The highest BCUT2D eigenvalue weighted by Crippen LogP contribution is 2.34. The molecule has 4 heterocycles. The first-order valence-corrected chi connectivity index (χ1v) is 11.3. The molecule has 1 fully saturated rings. The predicted molar refractivity (Wildman–Crippen MR) is 126 cm³/mol. The summed E-state index contributed by atoms with van der Waals surface area (Å²) in [5.74, 6) is 0. The standard InChI is InChI=1S/C25H22ClN5O/c26-21-8-4-3-7-19(21)24-23(15-32)30-10-9-22-20(25(30)29-24)11-16(12-27-22)17-13-28-31(14-17)18-5-1-2-6-18/h3-4,7-14,18,32H,1-2,5-6,15H2. The van der Waals surface area contributed by atoms with Gasteiger partial charge in [-0.25, -0.2) is 4.98 Å². The minimum Gasteiger partial charge on any atom is -0.390 e. The van der Waals surface area contributed by atoms with Gasteiger partial charge in [-0.15, -0.1) is 0 Å². The van der Waals surface area contributed by atoms with E-state index in [0.717, 1.165) is 33.2 Å². The summed E-state index contributed by atoms with van der Waals surface area (Å²) < 4.78 is 4.02. The number of hydrogen-bond donors (Lipinski definition) is 1. The molecule has 6 rings (SSSR count). The van der Waals surface area contributed by atoms with Crippen LogP contribution in [0.4, 0.5) is 0 Å². The van der Waals surface area contributed by atoms with E-state index in [4.69, 9.17) is 21.6 Å². The van der Waals surface area contributed by atoms with Crippen molar-refractivity contribution < 1.29 is 5.11 Å². The second-order valence-electron chi connectivity index (χ2n) is 8.36. The summed E-state index contributed by atoms with van der Waals surface area (Å²) in [5.41, 5.74) is 5.84. The topological polar surface area (TPSA) is 68.2 Å². The number of benzene rings is 1. The maximum absolute atomic E-state index is 10.1. The number of halogens is 1. The third-order valence-corrected chi connectivity index (χ3v) is 6.79. The van der Waals surface area contributed by atoms with E-state index < -0.39 is 0 Å². The molecule has 32 heavy (non-hydrogen) atoms. The molecule has 0 bridgehead atoms. The van der Waals surface area contributed by atoms with Crippen molar-refractivity contribution in [2.75, 3.05) is 0 Å². The lowest BCUT2D eigenvalue weighted by Crippen LogP contribution is -2.04. The van der Waals surface area contributed by atoms with Gasteiger partial charge in [-0.1, -0.05) is 42.6 Å². The Morgan fingerprint density at radius 2 is 1.91 bits per heavy atom. The molecule has 160 valence electrons. The molecule has 1 saturated carbocycles. The molecule has 0 amide bonds. The molecule has 0 atom stereocenters. The summed E-state index contributed by atoms with van der Waals surface area (Å²) >= 11 is 6.44. The zero-order chi connectivity index (χ0) is 21.7. The van der Waals surface area contributed by atoms with Crippen LogP contribution in [0.1, 0.15) is 37.4 Å². The Morgan fingerprint density at radius 3 is 2.72 bits per heavy atom. The molecule has 0 aliphatic heterocycles. The Morgan fingerprint density at radius 1 is 1.06 bits per heavy atom. The van der Waals surface area contributed by atoms with Gasteiger partial charge < -0.3 is 9.51 Å². The molecule has 7 heteroatoms. The number of aliphatic hydroxyl groups excluding tert-OH is 1. The molecule has 0 saturated heterocycles. The van der Waals surface area contributed by atoms with Gasteiger partial charge in [-0.2, -0.15) is 5.10 Å². The van der Waals surface area contributed by atoms with Gasteiger partial charge in [0, 0.05) is 40.7 Å². The third kappa shape index (κ3) is 3.10. The normalized spacial score (nSPS) is 14.7. The van der Waals surface area contributed by atoms with E-state index >= 15 is 0 Å². The number of hydrogen-bond acceptors (Lipinski definition) is 4. The van der Waals surface area contributed by atoms with Crippen molar-refractivity contribution in [1.29, 1.82) is 0 Å². The van der Waals surface area contributed by atoms with Crippen LogP contribution >= 0.6 is 11.6 Å². The van der Waals surface area contributed by atoms with Crippen LogP contribution in [-0.2, 0) is 6.61 Å². The van der Waals surface area contributed by atoms with Crippen LogP contribution in [0.15, 0.2) is 61.2 Å². The minimum absolute atomic E-state index is 0.144. The fraction of sp³-hybridized carbons (Fsp3) is 0.240. The first-order valence-electron chi connectivity index (χ1n) is 10.9. The quantitative estimate of drug-likeness (QED) is 0.388. The Hall–Kier alpha value is -3.22. The van der Waals surface area contributed by atoms with E-state index in [9.17, 15) is 5.11 Å². The Labute approximate surface area is 190 Å². The van der Waals surface area contributed by atoms with Crippen LogP contribution in [0.2, 0.25) is 5.02 Å². The Balaban J connectivity index is 1.51.